The van der Waals surface area contributed by atoms with Crippen molar-refractivity contribution in [3.8, 4) is 11.1 Å². The largest absolute Gasteiger partial charge is 0.417 e. The molecule has 184 valence electrons. The van der Waals surface area contributed by atoms with Crippen molar-refractivity contribution in [3.05, 3.63) is 109 Å². The van der Waals surface area contributed by atoms with Crippen LogP contribution in [0.25, 0.3) is 11.1 Å². The molecule has 0 unspecified atom stereocenters. The topological polar surface area (TPSA) is 41.1 Å². The molecule has 0 amide bonds. The van der Waals surface area contributed by atoms with Gasteiger partial charge in [0.05, 0.1) is 5.56 Å². The molecule has 0 saturated carbocycles. The molecule has 4 nitrogen and oxygen atoms in total. The number of halogens is 3. The van der Waals surface area contributed by atoms with Crippen molar-refractivity contribution in [2.24, 2.45) is 0 Å². The highest BCUT2D eigenvalue weighted by molar-refractivity contribution is 5.82. The van der Waals surface area contributed by atoms with Gasteiger partial charge in [0.25, 0.3) is 0 Å². The maximum atomic E-state index is 13.7. The number of benzene rings is 3. The fraction of sp³-hybridized carbons (Fsp3) is 0.172. The van der Waals surface area contributed by atoms with Crippen molar-refractivity contribution in [2.75, 3.05) is 16.8 Å². The van der Waals surface area contributed by atoms with Gasteiger partial charge in [-0.05, 0) is 41.0 Å². The van der Waals surface area contributed by atoms with Gasteiger partial charge in [-0.2, -0.15) is 13.2 Å². The van der Waals surface area contributed by atoms with Crippen LogP contribution in [0.4, 0.5) is 36.2 Å². The van der Waals surface area contributed by atoms with Gasteiger partial charge in [-0.1, -0.05) is 62.4 Å². The minimum absolute atomic E-state index is 0.157. The summed E-state index contributed by atoms with van der Waals surface area (Å²) in [6.07, 6.45) is -1.20. The molecule has 1 aliphatic rings. The lowest BCUT2D eigenvalue weighted by molar-refractivity contribution is -0.137. The average molecular weight is 489 g/mol. The zero-order valence-corrected chi connectivity index (χ0v) is 20.2. The number of fused-ring (bicyclic) bond motifs is 1. The Morgan fingerprint density at radius 1 is 0.889 bits per heavy atom. The molecule has 1 aromatic heterocycles. The maximum absolute atomic E-state index is 13.7. The SMILES string of the molecule is C=C.CC1(C)CN(c2nccnc2Nc2ccccc2)c2cc(-c3ccccc3C(F)(F)F)ccc21. The second-order valence-electron chi connectivity index (χ2n) is 8.96. The zero-order chi connectivity index (χ0) is 25.9. The van der Waals surface area contributed by atoms with E-state index in [1.807, 2.05) is 47.4 Å². The van der Waals surface area contributed by atoms with Crippen molar-refractivity contribution in [3.63, 3.8) is 0 Å². The van der Waals surface area contributed by atoms with Gasteiger partial charge >= 0.3 is 6.18 Å². The van der Waals surface area contributed by atoms with Gasteiger partial charge in [-0.3, -0.25) is 0 Å². The Hall–Kier alpha value is -4.13. The minimum atomic E-state index is -4.44. The van der Waals surface area contributed by atoms with Crippen molar-refractivity contribution in [2.45, 2.75) is 25.4 Å². The summed E-state index contributed by atoms with van der Waals surface area (Å²) in [4.78, 5) is 11.1. The van der Waals surface area contributed by atoms with Crippen LogP contribution < -0.4 is 10.2 Å². The van der Waals surface area contributed by atoms with E-state index in [9.17, 15) is 13.2 Å². The monoisotopic (exact) mass is 488 g/mol. The number of para-hydroxylation sites is 1. The van der Waals surface area contributed by atoms with Crippen LogP contribution in [0.2, 0.25) is 0 Å². The maximum Gasteiger partial charge on any atom is 0.417 e. The second kappa shape index (κ2) is 9.85. The number of rotatable bonds is 4. The Bertz CT molecular complexity index is 1350. The smallest absolute Gasteiger partial charge is 0.337 e. The summed E-state index contributed by atoms with van der Waals surface area (Å²) >= 11 is 0. The number of nitrogens with zero attached hydrogens (tertiary/aromatic N) is 3. The van der Waals surface area contributed by atoms with E-state index in [1.54, 1.807) is 24.5 Å². The Labute approximate surface area is 209 Å². The number of hydrogen-bond donors (Lipinski definition) is 1. The predicted octanol–water partition coefficient (Wildman–Crippen LogP) is 8.14. The molecule has 0 saturated heterocycles. The first kappa shape index (κ1) is 25.0. The molecule has 2 heterocycles. The lowest BCUT2D eigenvalue weighted by atomic mass is 9.86. The third-order valence-corrected chi connectivity index (χ3v) is 6.09. The van der Waals surface area contributed by atoms with Gasteiger partial charge < -0.3 is 10.2 Å². The number of aromatic nitrogens is 2. The highest BCUT2D eigenvalue weighted by Crippen LogP contribution is 2.47. The summed E-state index contributed by atoms with van der Waals surface area (Å²) < 4.78 is 41.1. The van der Waals surface area contributed by atoms with Crippen molar-refractivity contribution >= 4 is 23.0 Å². The third kappa shape index (κ3) is 4.82. The van der Waals surface area contributed by atoms with Crippen LogP contribution in [0.1, 0.15) is 25.0 Å². The van der Waals surface area contributed by atoms with Crippen LogP contribution in [-0.2, 0) is 11.6 Å². The van der Waals surface area contributed by atoms with E-state index < -0.39 is 11.7 Å². The van der Waals surface area contributed by atoms with Crippen LogP contribution in [0.3, 0.4) is 0 Å². The van der Waals surface area contributed by atoms with Crippen LogP contribution in [0, 0.1) is 0 Å². The highest BCUT2D eigenvalue weighted by atomic mass is 19.4. The molecule has 0 atom stereocenters. The van der Waals surface area contributed by atoms with Crippen LogP contribution in [-0.4, -0.2) is 16.5 Å². The second-order valence-corrected chi connectivity index (χ2v) is 8.96. The van der Waals surface area contributed by atoms with E-state index >= 15 is 0 Å². The molecule has 1 N–H and O–H groups in total. The Kier molecular flexibility index (Phi) is 6.84. The number of nitrogens with one attached hydrogen (secondary N) is 1. The van der Waals surface area contributed by atoms with Crippen molar-refractivity contribution in [1.29, 1.82) is 0 Å². The summed E-state index contributed by atoms with van der Waals surface area (Å²) in [6.45, 7) is 10.9. The van der Waals surface area contributed by atoms with Crippen LogP contribution in [0.5, 0.6) is 0 Å². The van der Waals surface area contributed by atoms with E-state index in [2.05, 4.69) is 42.3 Å². The summed E-state index contributed by atoms with van der Waals surface area (Å²) in [5, 5.41) is 3.32. The average Bonchev–Trinajstić information content (AvgIpc) is 3.15. The molecule has 1 aliphatic heterocycles. The zero-order valence-electron chi connectivity index (χ0n) is 20.2. The summed E-state index contributed by atoms with van der Waals surface area (Å²) in [7, 11) is 0. The summed E-state index contributed by atoms with van der Waals surface area (Å²) in [6, 6.07) is 20.9. The molecular formula is C29H27F3N4. The van der Waals surface area contributed by atoms with Gasteiger partial charge in [0.2, 0.25) is 0 Å². The quantitative estimate of drug-likeness (QED) is 0.294. The fourth-order valence-electron chi connectivity index (χ4n) is 4.51. The molecule has 0 bridgehead atoms. The summed E-state index contributed by atoms with van der Waals surface area (Å²) in [5.74, 6) is 1.21. The minimum Gasteiger partial charge on any atom is -0.337 e. The van der Waals surface area contributed by atoms with E-state index in [0.717, 1.165) is 23.0 Å². The molecular weight excluding hydrogens is 461 g/mol. The number of hydrogen-bond acceptors (Lipinski definition) is 4. The lowest BCUT2D eigenvalue weighted by Gasteiger charge is -2.23. The molecule has 36 heavy (non-hydrogen) atoms. The number of alkyl halides is 3. The van der Waals surface area contributed by atoms with Crippen LogP contribution in [0.15, 0.2) is 98.3 Å². The van der Waals surface area contributed by atoms with Crippen molar-refractivity contribution < 1.29 is 13.2 Å². The standard InChI is InChI=1S/C27H23F3N4.C2H4/c1-26(2)17-34(25-24(31-14-15-32-25)33-19-8-4-3-5-9-19)23-16-18(12-13-22(23)26)20-10-6-7-11-21(20)27(28,29)30;1-2/h3-16H,17H2,1-2H3,(H,31,33);1-2H2. The van der Waals surface area contributed by atoms with E-state index in [-0.39, 0.29) is 11.0 Å². The van der Waals surface area contributed by atoms with Gasteiger partial charge in [-0.25, -0.2) is 9.97 Å². The molecule has 0 spiro atoms. The van der Waals surface area contributed by atoms with Gasteiger partial charge in [0.1, 0.15) is 0 Å². The lowest BCUT2D eigenvalue weighted by Crippen LogP contribution is -2.26. The van der Waals surface area contributed by atoms with E-state index in [4.69, 9.17) is 0 Å². The molecule has 4 aromatic rings. The first-order chi connectivity index (χ1) is 17.2. The van der Waals surface area contributed by atoms with Crippen molar-refractivity contribution in [1.82, 2.24) is 9.97 Å². The third-order valence-electron chi connectivity index (χ3n) is 6.09. The Morgan fingerprint density at radius 2 is 1.56 bits per heavy atom. The molecule has 0 aliphatic carbocycles. The van der Waals surface area contributed by atoms with Gasteiger partial charge in [0, 0.05) is 35.7 Å². The first-order valence-corrected chi connectivity index (χ1v) is 11.5. The highest BCUT2D eigenvalue weighted by Gasteiger charge is 2.38. The predicted molar refractivity (Wildman–Crippen MR) is 140 cm³/mol. The fourth-order valence-corrected chi connectivity index (χ4v) is 4.51. The van der Waals surface area contributed by atoms with E-state index in [1.165, 1.54) is 12.1 Å². The summed E-state index contributed by atoms with van der Waals surface area (Å²) in [5.41, 5.74) is 2.55. The molecule has 7 heteroatoms. The number of anilines is 4. The Morgan fingerprint density at radius 3 is 2.28 bits per heavy atom. The molecule has 0 fully saturated rings. The van der Waals surface area contributed by atoms with E-state index in [0.29, 0.717) is 23.7 Å². The van der Waals surface area contributed by atoms with Gasteiger partial charge in [-0.15, -0.1) is 13.2 Å². The molecule has 5 rings (SSSR count). The first-order valence-electron chi connectivity index (χ1n) is 11.5. The normalized spacial score (nSPS) is 14.0. The molecule has 0 radical (unpaired) electrons. The Balaban J connectivity index is 0.00000148. The van der Waals surface area contributed by atoms with Crippen LogP contribution >= 0.6 is 0 Å². The van der Waals surface area contributed by atoms with Gasteiger partial charge in [0.15, 0.2) is 11.6 Å². The molecule has 3 aromatic carbocycles.